The van der Waals surface area contributed by atoms with Crippen LogP contribution in [0.1, 0.15) is 21.5 Å². The predicted octanol–water partition coefficient (Wildman–Crippen LogP) is 13.5. The number of nitrogens with one attached hydrogen (secondary N) is 1. The number of nitrogen functional groups attached to an aromatic ring is 1. The molecule has 10 heteroatoms. The van der Waals surface area contributed by atoms with Gasteiger partial charge in [0.2, 0.25) is 0 Å². The van der Waals surface area contributed by atoms with Crippen molar-refractivity contribution in [3.8, 4) is 33.9 Å². The van der Waals surface area contributed by atoms with Gasteiger partial charge in [-0.1, -0.05) is 167 Å². The minimum atomic E-state index is 0. The minimum Gasteiger partial charge on any atom is -0.384 e. The lowest BCUT2D eigenvalue weighted by atomic mass is 10.1. The smallest absolute Gasteiger partial charge is 0.185 e. The van der Waals surface area contributed by atoms with Gasteiger partial charge in [-0.05, 0) is 78.4 Å². The summed E-state index contributed by atoms with van der Waals surface area (Å²) in [6.45, 7) is 0. The van der Waals surface area contributed by atoms with Crippen molar-refractivity contribution in [2.45, 2.75) is 0 Å². The van der Waals surface area contributed by atoms with Crippen LogP contribution in [0.5, 0.6) is 0 Å². The molecule has 7 aromatic rings. The summed E-state index contributed by atoms with van der Waals surface area (Å²) < 4.78 is 4.09. The molecule has 0 aliphatic rings. The molecule has 54 heavy (non-hydrogen) atoms. The Labute approximate surface area is 355 Å². The molecule has 0 radical (unpaired) electrons. The first-order chi connectivity index (χ1) is 25.6. The molecular formula is C44H33Br4ClN4O. The van der Waals surface area contributed by atoms with Crippen molar-refractivity contribution in [3.63, 3.8) is 0 Å². The summed E-state index contributed by atoms with van der Waals surface area (Å²) in [6.07, 6.45) is 3.41. The van der Waals surface area contributed by atoms with Gasteiger partial charge >= 0.3 is 0 Å². The maximum absolute atomic E-state index is 11.9. The quantitative estimate of drug-likeness (QED) is 0.0720. The van der Waals surface area contributed by atoms with E-state index in [9.17, 15) is 4.79 Å². The highest BCUT2D eigenvalue weighted by Gasteiger charge is 2.10. The Balaban J connectivity index is 0.000000201. The first kappa shape index (κ1) is 42.2. The van der Waals surface area contributed by atoms with Gasteiger partial charge in [0.25, 0.3) is 0 Å². The topological polar surface area (TPSA) is 92.7 Å². The van der Waals surface area contributed by atoms with E-state index in [4.69, 9.17) is 21.1 Å². The molecule has 0 saturated heterocycles. The van der Waals surface area contributed by atoms with Crippen LogP contribution in [-0.4, -0.2) is 21.6 Å². The van der Waals surface area contributed by atoms with Crippen LogP contribution in [0.3, 0.4) is 0 Å². The van der Waals surface area contributed by atoms with Gasteiger partial charge in [0.05, 0.1) is 11.4 Å². The average Bonchev–Trinajstić information content (AvgIpc) is 3.19. The number of allylic oxidation sites excluding steroid dienone is 1. The van der Waals surface area contributed by atoms with Crippen LogP contribution < -0.4 is 5.73 Å². The highest BCUT2D eigenvalue weighted by atomic mass is 79.9. The number of halogens is 5. The SMILES string of the molecule is Brc1ccc(-c2cc(-c3ccc(Br)cc3)nc(-c3ccccc3)n2)cc1.Cl.N=C(N)c1ccccc1.O=C(/C=C/c1ccc(Br)cc1)c1ccc(Br)cc1. The molecule has 0 fully saturated rings. The molecule has 1 aromatic heterocycles. The molecule has 7 rings (SSSR count). The zero-order chi connectivity index (χ0) is 37.6. The number of benzene rings is 6. The van der Waals surface area contributed by atoms with Crippen LogP contribution in [0.4, 0.5) is 0 Å². The Morgan fingerprint density at radius 2 is 0.926 bits per heavy atom. The second kappa shape index (κ2) is 21.4. The Kier molecular flexibility index (Phi) is 16.7. The Morgan fingerprint density at radius 1 is 0.519 bits per heavy atom. The lowest BCUT2D eigenvalue weighted by Crippen LogP contribution is -2.10. The highest BCUT2D eigenvalue weighted by Crippen LogP contribution is 2.29. The Morgan fingerprint density at radius 3 is 1.35 bits per heavy atom. The molecule has 0 spiro atoms. The number of nitrogens with zero attached hydrogens (tertiary/aromatic N) is 2. The van der Waals surface area contributed by atoms with Gasteiger partial charge in [0.1, 0.15) is 5.84 Å². The number of carbonyl (C=O) groups is 1. The fourth-order valence-electron chi connectivity index (χ4n) is 4.77. The summed E-state index contributed by atoms with van der Waals surface area (Å²) in [5.74, 6) is 0.852. The van der Waals surface area contributed by atoms with E-state index in [0.717, 1.165) is 62.9 Å². The van der Waals surface area contributed by atoms with E-state index >= 15 is 0 Å². The van der Waals surface area contributed by atoms with Gasteiger partial charge in [-0.25, -0.2) is 9.97 Å². The second-order valence-corrected chi connectivity index (χ2v) is 15.0. The maximum atomic E-state index is 11.9. The van der Waals surface area contributed by atoms with Crippen LogP contribution in [0, 0.1) is 5.41 Å². The van der Waals surface area contributed by atoms with Crippen molar-refractivity contribution < 1.29 is 4.79 Å². The van der Waals surface area contributed by atoms with E-state index in [-0.39, 0.29) is 24.0 Å². The molecule has 0 aliphatic carbocycles. The molecule has 0 unspecified atom stereocenters. The van der Waals surface area contributed by atoms with E-state index in [1.165, 1.54) is 0 Å². The van der Waals surface area contributed by atoms with E-state index in [0.29, 0.717) is 5.56 Å². The summed E-state index contributed by atoms with van der Waals surface area (Å²) in [6, 6.07) is 52.8. The molecule has 0 bridgehead atoms. The van der Waals surface area contributed by atoms with E-state index in [1.807, 2.05) is 133 Å². The number of hydrogen-bond acceptors (Lipinski definition) is 4. The van der Waals surface area contributed by atoms with E-state index < -0.39 is 0 Å². The van der Waals surface area contributed by atoms with Crippen molar-refractivity contribution in [2.75, 3.05) is 0 Å². The number of rotatable bonds is 7. The highest BCUT2D eigenvalue weighted by molar-refractivity contribution is 9.11. The summed E-state index contributed by atoms with van der Waals surface area (Å²) in [5, 5.41) is 7.01. The summed E-state index contributed by atoms with van der Waals surface area (Å²) in [7, 11) is 0. The normalized spacial score (nSPS) is 10.2. The van der Waals surface area contributed by atoms with Gasteiger partial charge < -0.3 is 5.73 Å². The lowest BCUT2D eigenvalue weighted by Gasteiger charge is -2.09. The zero-order valence-electron chi connectivity index (χ0n) is 28.5. The summed E-state index contributed by atoms with van der Waals surface area (Å²) in [4.78, 5) is 21.5. The van der Waals surface area contributed by atoms with Gasteiger partial charge in [-0.2, -0.15) is 0 Å². The second-order valence-electron chi connectivity index (χ2n) is 11.4. The molecular weight excluding hydrogens is 956 g/mol. The maximum Gasteiger partial charge on any atom is 0.185 e. The third-order valence-corrected chi connectivity index (χ3v) is 9.66. The molecule has 5 nitrogen and oxygen atoms in total. The van der Waals surface area contributed by atoms with Gasteiger partial charge in [-0.15, -0.1) is 12.4 Å². The number of nitrogens with two attached hydrogens (primary N) is 1. The van der Waals surface area contributed by atoms with E-state index in [2.05, 4.69) is 88.0 Å². The zero-order valence-corrected chi connectivity index (χ0v) is 35.7. The molecule has 3 N–H and O–H groups in total. The number of amidine groups is 1. The lowest BCUT2D eigenvalue weighted by molar-refractivity contribution is 0.104. The largest absolute Gasteiger partial charge is 0.384 e. The number of aromatic nitrogens is 2. The van der Waals surface area contributed by atoms with Crippen molar-refractivity contribution in [1.29, 1.82) is 5.41 Å². The third kappa shape index (κ3) is 13.1. The Hall–Kier alpha value is -4.51. The summed E-state index contributed by atoms with van der Waals surface area (Å²) in [5.41, 5.74) is 12.6. The standard InChI is InChI=1S/C22H14Br2N2.C15H10Br2O.C7H8N2.ClH/c23-18-10-6-15(7-11-18)20-14-21(16-8-12-19(24)13-9-16)26-22(25-20)17-4-2-1-3-5-17;16-13-6-1-11(2-7-13)3-10-15(18)12-4-8-14(17)9-5-12;8-7(9)6-4-2-1-3-5-6;/h1-14H;1-10H;1-5H,(H3,8,9);1H/b;10-3+;;. The molecule has 1 heterocycles. The molecule has 270 valence electrons. The summed E-state index contributed by atoms with van der Waals surface area (Å²) >= 11 is 13.7. The van der Waals surface area contributed by atoms with Crippen LogP contribution in [0.15, 0.2) is 188 Å². The van der Waals surface area contributed by atoms with Crippen LogP contribution in [0.2, 0.25) is 0 Å². The van der Waals surface area contributed by atoms with Crippen molar-refractivity contribution >= 4 is 93.8 Å². The van der Waals surface area contributed by atoms with Crippen molar-refractivity contribution in [1.82, 2.24) is 9.97 Å². The first-order valence-electron chi connectivity index (χ1n) is 16.2. The fourth-order valence-corrected chi connectivity index (χ4v) is 5.83. The number of carbonyl (C=O) groups excluding carboxylic acids is 1. The van der Waals surface area contributed by atoms with Gasteiger partial charge in [0.15, 0.2) is 11.6 Å². The van der Waals surface area contributed by atoms with Crippen LogP contribution in [-0.2, 0) is 0 Å². The molecule has 0 amide bonds. The van der Waals surface area contributed by atoms with Crippen molar-refractivity contribution in [3.05, 3.63) is 204 Å². The monoisotopic (exact) mass is 984 g/mol. The number of ketones is 1. The first-order valence-corrected chi connectivity index (χ1v) is 19.4. The third-order valence-electron chi connectivity index (χ3n) is 7.55. The molecule has 0 aliphatic heterocycles. The van der Waals surface area contributed by atoms with Crippen LogP contribution in [0.25, 0.3) is 40.0 Å². The van der Waals surface area contributed by atoms with Gasteiger partial charge in [-0.3, -0.25) is 10.2 Å². The Bertz CT molecular complexity index is 2220. The number of hydrogen-bond donors (Lipinski definition) is 2. The van der Waals surface area contributed by atoms with Crippen LogP contribution >= 0.6 is 76.1 Å². The predicted molar refractivity (Wildman–Crippen MR) is 240 cm³/mol. The molecule has 0 atom stereocenters. The van der Waals surface area contributed by atoms with Gasteiger partial charge in [0, 0.05) is 45.7 Å². The molecule has 6 aromatic carbocycles. The molecule has 0 saturated carbocycles. The average molecular weight is 989 g/mol. The van der Waals surface area contributed by atoms with E-state index in [1.54, 1.807) is 18.2 Å². The minimum absolute atomic E-state index is 0. The fraction of sp³-hybridized carbons (Fsp3) is 0. The van der Waals surface area contributed by atoms with Crippen molar-refractivity contribution in [2.24, 2.45) is 5.73 Å².